The third-order valence-electron chi connectivity index (χ3n) is 2.19. The molecular formula is C8H12NRu. The predicted molar refractivity (Wildman–Crippen MR) is 39.3 cm³/mol. The standard InChI is InChI=1S/C8H12N.Ru/c1-6-5-9(4)8(3)7(6)2;/h1-4H3;. The molecule has 10 heavy (non-hydrogen) atoms. The summed E-state index contributed by atoms with van der Waals surface area (Å²) in [6.07, 6.45) is 0. The van der Waals surface area contributed by atoms with Gasteiger partial charge in [-0.3, -0.25) is 0 Å². The van der Waals surface area contributed by atoms with Crippen molar-refractivity contribution in [1.82, 2.24) is 4.57 Å². The van der Waals surface area contributed by atoms with Crippen LogP contribution in [0.2, 0.25) is 0 Å². The SMILES string of the molecule is Cc1c(C)[c]([Ru])n(C)c1C. The predicted octanol–water partition coefficient (Wildman–Crippen LogP) is 1.12. The Bertz CT molecular complexity index is 180. The van der Waals surface area contributed by atoms with Crippen LogP contribution in [0.4, 0.5) is 0 Å². The fraction of sp³-hybridized carbons (Fsp3) is 0.500. The average Bonchev–Trinajstić information content (AvgIpc) is 2.07. The second-order valence-corrected chi connectivity index (χ2v) is 3.50. The molecule has 0 radical (unpaired) electrons. The molecule has 0 amide bonds. The zero-order valence-corrected chi connectivity index (χ0v) is 8.54. The Morgan fingerprint density at radius 2 is 1.60 bits per heavy atom. The van der Waals surface area contributed by atoms with Crippen molar-refractivity contribution in [1.29, 1.82) is 0 Å². The Balaban J connectivity index is 3.44. The summed E-state index contributed by atoms with van der Waals surface area (Å²) in [5.74, 6) is 0. The van der Waals surface area contributed by atoms with E-state index in [2.05, 4.69) is 50.7 Å². The Kier molecular flexibility index (Phi) is 2.00. The Hall–Kier alpha value is -0.0966. The van der Waals surface area contributed by atoms with Gasteiger partial charge in [0.25, 0.3) is 0 Å². The van der Waals surface area contributed by atoms with Crippen molar-refractivity contribution >= 4 is 4.29 Å². The molecule has 0 saturated heterocycles. The van der Waals surface area contributed by atoms with Gasteiger partial charge in [0.15, 0.2) is 0 Å². The van der Waals surface area contributed by atoms with E-state index in [4.69, 9.17) is 0 Å². The molecule has 1 rings (SSSR count). The van der Waals surface area contributed by atoms with E-state index >= 15 is 0 Å². The molecule has 0 bridgehead atoms. The molecule has 0 saturated carbocycles. The van der Waals surface area contributed by atoms with Gasteiger partial charge in [0.05, 0.1) is 0 Å². The van der Waals surface area contributed by atoms with Gasteiger partial charge in [0, 0.05) is 0 Å². The Morgan fingerprint density at radius 3 is 1.70 bits per heavy atom. The van der Waals surface area contributed by atoms with Crippen LogP contribution in [0.5, 0.6) is 0 Å². The molecule has 1 aromatic rings. The average molecular weight is 223 g/mol. The van der Waals surface area contributed by atoms with E-state index in [0.717, 1.165) is 0 Å². The molecule has 57 valence electrons. The number of hydrogen-bond acceptors (Lipinski definition) is 0. The van der Waals surface area contributed by atoms with Gasteiger partial charge in [0.1, 0.15) is 0 Å². The first-order valence-corrected chi connectivity index (χ1v) is 4.19. The maximum atomic E-state index is 2.67. The molecule has 0 atom stereocenters. The first-order valence-electron chi connectivity index (χ1n) is 3.32. The molecule has 0 aliphatic rings. The van der Waals surface area contributed by atoms with Crippen molar-refractivity contribution in [3.63, 3.8) is 0 Å². The summed E-state index contributed by atoms with van der Waals surface area (Å²) in [6, 6.07) is 0. The summed E-state index contributed by atoms with van der Waals surface area (Å²) in [6.45, 7) is 6.48. The first kappa shape index (κ1) is 8.00. The summed E-state index contributed by atoms with van der Waals surface area (Å²) in [5, 5.41) is 0. The number of rotatable bonds is 0. The van der Waals surface area contributed by atoms with E-state index in [9.17, 15) is 0 Å². The molecule has 1 nitrogen and oxygen atoms in total. The van der Waals surface area contributed by atoms with E-state index in [-0.39, 0.29) is 0 Å². The second kappa shape index (κ2) is 2.50. The van der Waals surface area contributed by atoms with Crippen molar-refractivity contribution in [3.05, 3.63) is 16.8 Å². The van der Waals surface area contributed by atoms with Crippen LogP contribution in [0.25, 0.3) is 0 Å². The molecule has 0 unspecified atom stereocenters. The fourth-order valence-electron chi connectivity index (χ4n) is 1.07. The van der Waals surface area contributed by atoms with Gasteiger partial charge in [0.2, 0.25) is 0 Å². The van der Waals surface area contributed by atoms with Crippen LogP contribution in [0.1, 0.15) is 16.8 Å². The van der Waals surface area contributed by atoms with E-state index in [1.54, 1.807) is 0 Å². The van der Waals surface area contributed by atoms with Crippen LogP contribution >= 0.6 is 0 Å². The van der Waals surface area contributed by atoms with Crippen molar-refractivity contribution in [2.24, 2.45) is 7.05 Å². The maximum absolute atomic E-state index is 2.67. The number of hydrogen-bond donors (Lipinski definition) is 0. The van der Waals surface area contributed by atoms with Crippen molar-refractivity contribution in [2.75, 3.05) is 0 Å². The summed E-state index contributed by atoms with van der Waals surface area (Å²) in [7, 11) is 2.10. The number of nitrogens with zero attached hydrogens (tertiary/aromatic N) is 1. The van der Waals surface area contributed by atoms with Crippen LogP contribution in [-0.2, 0) is 25.3 Å². The zero-order valence-electron chi connectivity index (χ0n) is 6.80. The van der Waals surface area contributed by atoms with E-state index in [1.165, 1.54) is 21.1 Å². The quantitative estimate of drug-likeness (QED) is 0.581. The molecule has 0 spiro atoms. The molecular weight excluding hydrogens is 211 g/mol. The van der Waals surface area contributed by atoms with Gasteiger partial charge in [-0.25, -0.2) is 0 Å². The molecule has 0 aromatic carbocycles. The minimum absolute atomic E-state index is 1.31. The molecule has 0 N–H and O–H groups in total. The van der Waals surface area contributed by atoms with Gasteiger partial charge >= 0.3 is 71.8 Å². The first-order chi connectivity index (χ1) is 4.55. The zero-order chi connectivity index (χ0) is 7.89. The van der Waals surface area contributed by atoms with Crippen LogP contribution in [0, 0.1) is 20.8 Å². The fourth-order valence-corrected chi connectivity index (χ4v) is 1.69. The van der Waals surface area contributed by atoms with Gasteiger partial charge < -0.3 is 0 Å². The molecule has 1 aromatic heterocycles. The molecule has 1 heterocycles. The molecule has 0 aliphatic carbocycles. The third-order valence-corrected chi connectivity index (χ3v) is 3.43. The van der Waals surface area contributed by atoms with E-state index in [0.29, 0.717) is 0 Å². The topological polar surface area (TPSA) is 4.93 Å². The van der Waals surface area contributed by atoms with Gasteiger partial charge in [-0.2, -0.15) is 0 Å². The Morgan fingerprint density at radius 1 is 1.10 bits per heavy atom. The monoisotopic (exact) mass is 224 g/mol. The molecule has 0 fully saturated rings. The van der Waals surface area contributed by atoms with Crippen molar-refractivity contribution < 1.29 is 18.3 Å². The summed E-state index contributed by atoms with van der Waals surface area (Å²) in [4.78, 5) is 0. The second-order valence-electron chi connectivity index (χ2n) is 2.67. The van der Waals surface area contributed by atoms with Crippen LogP contribution in [0.3, 0.4) is 0 Å². The summed E-state index contributed by atoms with van der Waals surface area (Å²) in [5.41, 5.74) is 4.18. The van der Waals surface area contributed by atoms with Crippen molar-refractivity contribution in [3.8, 4) is 0 Å². The summed E-state index contributed by atoms with van der Waals surface area (Å²) >= 11 is 2.67. The minimum atomic E-state index is 1.31. The number of aromatic nitrogens is 1. The van der Waals surface area contributed by atoms with Crippen LogP contribution in [-0.4, -0.2) is 4.57 Å². The normalized spacial score (nSPS) is 10.5. The summed E-state index contributed by atoms with van der Waals surface area (Å²) < 4.78 is 3.52. The van der Waals surface area contributed by atoms with E-state index in [1.807, 2.05) is 0 Å². The molecule has 0 aliphatic heterocycles. The third kappa shape index (κ3) is 0.951. The van der Waals surface area contributed by atoms with Crippen LogP contribution in [0.15, 0.2) is 0 Å². The van der Waals surface area contributed by atoms with Gasteiger partial charge in [-0.15, -0.1) is 0 Å². The Labute approximate surface area is 72.1 Å². The van der Waals surface area contributed by atoms with E-state index < -0.39 is 0 Å². The van der Waals surface area contributed by atoms with Crippen molar-refractivity contribution in [2.45, 2.75) is 20.8 Å². The van der Waals surface area contributed by atoms with Crippen LogP contribution < -0.4 is 4.29 Å². The molecule has 2 heteroatoms. The van der Waals surface area contributed by atoms with Gasteiger partial charge in [-0.05, 0) is 0 Å². The van der Waals surface area contributed by atoms with Gasteiger partial charge in [-0.1, -0.05) is 0 Å².